The van der Waals surface area contributed by atoms with Crippen LogP contribution in [0.1, 0.15) is 0 Å². The molecule has 24 valence electrons. The molecule has 4 nitrogen and oxygen atoms in total. The van der Waals surface area contributed by atoms with Gasteiger partial charge in [0.05, 0.1) is 0 Å². The highest BCUT2D eigenvalue weighted by molar-refractivity contribution is 4.94. The lowest BCUT2D eigenvalue weighted by Crippen LogP contribution is -1.73. The zero-order valence-corrected chi connectivity index (χ0v) is 2.29. The highest BCUT2D eigenvalue weighted by Gasteiger charge is 2.51. The lowest BCUT2D eigenvalue weighted by Gasteiger charge is -1.49. The number of hydrogen-bond donors (Lipinski definition) is 0. The molecule has 2 heterocycles. The fourth-order valence-corrected chi connectivity index (χ4v) is 0.169. The highest BCUT2D eigenvalue weighted by atomic mass is 15.8. The van der Waals surface area contributed by atoms with Gasteiger partial charge in [0, 0.05) is 0 Å². The highest BCUT2D eigenvalue weighted by Crippen LogP contribution is 2.42. The van der Waals surface area contributed by atoms with Crippen molar-refractivity contribution in [2.24, 2.45) is 20.5 Å². The minimum Gasteiger partial charge on any atom is -0.104 e. The van der Waals surface area contributed by atoms with Gasteiger partial charge in [-0.25, -0.2) is 0 Å². The van der Waals surface area contributed by atoms with Crippen molar-refractivity contribution in [3.63, 3.8) is 0 Å². The summed E-state index contributed by atoms with van der Waals surface area (Å²) in [5.41, 5.74) is 0. The zero-order chi connectivity index (χ0) is 3.33. The molecule has 0 aromatic carbocycles. The Balaban J connectivity index is 2.43. The summed E-state index contributed by atoms with van der Waals surface area (Å²) in [5.74, 6) is -0.500. The molecule has 0 N–H and O–H groups in total. The second-order valence-electron chi connectivity index (χ2n) is 1.000. The number of hydrogen-bond acceptors (Lipinski definition) is 4. The van der Waals surface area contributed by atoms with Gasteiger partial charge in [-0.2, -0.15) is 0 Å². The predicted octanol–water partition coefficient (Wildman–Crippen LogP) is 0.529. The summed E-state index contributed by atoms with van der Waals surface area (Å²) in [5, 5.41) is 13.8. The van der Waals surface area contributed by atoms with Crippen molar-refractivity contribution in [2.45, 2.75) is 5.91 Å². The molecule has 0 unspecified atom stereocenters. The van der Waals surface area contributed by atoms with Gasteiger partial charge in [0.2, 0.25) is 0 Å². The van der Waals surface area contributed by atoms with Gasteiger partial charge >= 0.3 is 5.91 Å². The normalized spacial score (nSPS) is 32.0. The van der Waals surface area contributed by atoms with Crippen LogP contribution in [0, 0.1) is 0 Å². The molecule has 0 amide bonds. The van der Waals surface area contributed by atoms with Gasteiger partial charge in [0.1, 0.15) is 0 Å². The molecule has 1 spiro atoms. The summed E-state index contributed by atoms with van der Waals surface area (Å²) in [7, 11) is 0. The average molecular weight is 68.0 g/mol. The Labute approximate surface area is 27.6 Å². The van der Waals surface area contributed by atoms with Crippen LogP contribution in [-0.4, -0.2) is 5.91 Å². The molecule has 0 radical (unpaired) electrons. The third-order valence-corrected chi connectivity index (χ3v) is 0.558. The second kappa shape index (κ2) is 0.183. The molecule has 4 heteroatoms. The van der Waals surface area contributed by atoms with Crippen LogP contribution in [0.2, 0.25) is 0 Å². The maximum atomic E-state index is 3.44. The van der Waals surface area contributed by atoms with Crippen molar-refractivity contribution in [3.05, 3.63) is 0 Å². The Morgan fingerprint density at radius 1 is 0.800 bits per heavy atom. The molecular formula is CN4. The van der Waals surface area contributed by atoms with Crippen molar-refractivity contribution < 1.29 is 0 Å². The van der Waals surface area contributed by atoms with Gasteiger partial charge in [-0.15, -0.1) is 20.5 Å². The van der Waals surface area contributed by atoms with E-state index in [-0.39, 0.29) is 0 Å². The summed E-state index contributed by atoms with van der Waals surface area (Å²) in [6.45, 7) is 0. The predicted molar refractivity (Wildman–Crippen MR) is 12.4 cm³/mol. The first-order valence-corrected chi connectivity index (χ1v) is 1.29. The van der Waals surface area contributed by atoms with E-state index in [9.17, 15) is 0 Å². The lowest BCUT2D eigenvalue weighted by atomic mass is 10.9. The largest absolute Gasteiger partial charge is 0.418 e. The van der Waals surface area contributed by atoms with E-state index in [0.29, 0.717) is 0 Å². The third kappa shape index (κ3) is 0.0544. The second-order valence-corrected chi connectivity index (χ2v) is 1.000. The fraction of sp³-hybridized carbons (Fsp3) is 1.00. The van der Waals surface area contributed by atoms with Crippen LogP contribution in [0.5, 0.6) is 0 Å². The maximum Gasteiger partial charge on any atom is 0.418 e. The molecule has 2 rings (SSSR count). The summed E-state index contributed by atoms with van der Waals surface area (Å²) in [6.07, 6.45) is 0. The van der Waals surface area contributed by atoms with Crippen LogP contribution in [0.15, 0.2) is 20.5 Å². The van der Waals surface area contributed by atoms with Gasteiger partial charge in [-0.3, -0.25) is 0 Å². The average Bonchev–Trinajstić information content (AvgIpc) is 2.17. The minimum atomic E-state index is -0.500. The number of nitrogens with zero attached hydrogens (tertiary/aromatic N) is 4. The van der Waals surface area contributed by atoms with E-state index in [4.69, 9.17) is 0 Å². The van der Waals surface area contributed by atoms with Gasteiger partial charge in [-0.1, -0.05) is 0 Å². The molecule has 0 aromatic rings. The monoisotopic (exact) mass is 68.0 g/mol. The third-order valence-electron chi connectivity index (χ3n) is 0.558. The zero-order valence-electron chi connectivity index (χ0n) is 2.29. The molecule has 0 bridgehead atoms. The van der Waals surface area contributed by atoms with Gasteiger partial charge in [0.15, 0.2) is 0 Å². The molecule has 0 atom stereocenters. The van der Waals surface area contributed by atoms with E-state index in [0.717, 1.165) is 0 Å². The SMILES string of the molecule is N1=NC12N=N2. The van der Waals surface area contributed by atoms with E-state index in [1.807, 2.05) is 0 Å². The molecule has 0 fully saturated rings. The molecule has 0 aliphatic carbocycles. The van der Waals surface area contributed by atoms with Crippen molar-refractivity contribution in [1.82, 2.24) is 0 Å². The first-order valence-electron chi connectivity index (χ1n) is 1.29. The standard InChI is InChI=1S/CN4/c2-1(3-2)4-5-1. The van der Waals surface area contributed by atoms with Crippen LogP contribution >= 0.6 is 0 Å². The molecule has 2 aliphatic heterocycles. The van der Waals surface area contributed by atoms with Crippen molar-refractivity contribution in [1.29, 1.82) is 0 Å². The first kappa shape index (κ1) is 1.59. The van der Waals surface area contributed by atoms with Crippen LogP contribution in [-0.2, 0) is 0 Å². The summed E-state index contributed by atoms with van der Waals surface area (Å²) in [6, 6.07) is 0. The van der Waals surface area contributed by atoms with E-state index in [1.54, 1.807) is 0 Å². The molecule has 2 aliphatic rings. The topological polar surface area (TPSA) is 49.4 Å². The van der Waals surface area contributed by atoms with E-state index in [1.165, 1.54) is 0 Å². The smallest absolute Gasteiger partial charge is 0.104 e. The van der Waals surface area contributed by atoms with E-state index < -0.39 is 5.91 Å². The fourth-order valence-electron chi connectivity index (χ4n) is 0.169. The Hall–Kier alpha value is -0.800. The lowest BCUT2D eigenvalue weighted by molar-refractivity contribution is 0.924. The Bertz CT molecular complexity index is 90.1. The number of rotatable bonds is 0. The Kier molecular flexibility index (Phi) is 0.0582. The minimum absolute atomic E-state index is 0.500. The van der Waals surface area contributed by atoms with Crippen molar-refractivity contribution >= 4 is 0 Å². The van der Waals surface area contributed by atoms with Crippen molar-refractivity contribution in [3.8, 4) is 0 Å². The van der Waals surface area contributed by atoms with Crippen LogP contribution < -0.4 is 0 Å². The first-order chi connectivity index (χ1) is 2.41. The quantitative estimate of drug-likeness (QED) is 0.397. The van der Waals surface area contributed by atoms with Gasteiger partial charge in [-0.05, 0) is 0 Å². The molecule has 5 heavy (non-hydrogen) atoms. The molecular weight excluding hydrogens is 68.0 g/mol. The van der Waals surface area contributed by atoms with Crippen LogP contribution in [0.4, 0.5) is 0 Å². The van der Waals surface area contributed by atoms with Crippen molar-refractivity contribution in [2.75, 3.05) is 0 Å². The molecule has 0 saturated carbocycles. The molecule has 0 aromatic heterocycles. The summed E-state index contributed by atoms with van der Waals surface area (Å²) < 4.78 is 0. The van der Waals surface area contributed by atoms with E-state index in [2.05, 4.69) is 20.5 Å². The van der Waals surface area contributed by atoms with Gasteiger partial charge < -0.3 is 0 Å². The Morgan fingerprint density at radius 2 is 1.20 bits per heavy atom. The van der Waals surface area contributed by atoms with Gasteiger partial charge in [0.25, 0.3) is 0 Å². The summed E-state index contributed by atoms with van der Waals surface area (Å²) in [4.78, 5) is 0. The van der Waals surface area contributed by atoms with Crippen LogP contribution in [0.3, 0.4) is 0 Å². The van der Waals surface area contributed by atoms with Crippen LogP contribution in [0.25, 0.3) is 0 Å². The maximum absolute atomic E-state index is 3.44. The summed E-state index contributed by atoms with van der Waals surface area (Å²) >= 11 is 0. The Morgan fingerprint density at radius 3 is 1.20 bits per heavy atom. The molecule has 0 saturated heterocycles. The van der Waals surface area contributed by atoms with E-state index >= 15 is 0 Å².